The van der Waals surface area contributed by atoms with Gasteiger partial charge in [-0.3, -0.25) is 4.79 Å². The van der Waals surface area contributed by atoms with Gasteiger partial charge in [-0.05, 0) is 25.0 Å². The van der Waals surface area contributed by atoms with Crippen LogP contribution in [0.25, 0.3) is 0 Å². The van der Waals surface area contributed by atoms with Gasteiger partial charge in [0.05, 0.1) is 0 Å². The largest absolute Gasteiger partial charge is 0.336 e. The predicted molar refractivity (Wildman–Crippen MR) is 74.3 cm³/mol. The Morgan fingerprint density at radius 1 is 1.28 bits per heavy atom. The molecule has 2 heterocycles. The third kappa shape index (κ3) is 2.07. The number of rotatable bonds is 2. The predicted octanol–water partition coefficient (Wildman–Crippen LogP) is 3.30. The van der Waals surface area contributed by atoms with Gasteiger partial charge in [-0.1, -0.05) is 36.9 Å². The lowest BCUT2D eigenvalue weighted by Crippen LogP contribution is -2.42. The van der Waals surface area contributed by atoms with Gasteiger partial charge in [0.15, 0.2) is 0 Å². The molecular weight excluding hydrogens is 242 g/mol. The van der Waals surface area contributed by atoms with E-state index in [0.717, 1.165) is 19.4 Å². The van der Waals surface area contributed by atoms with E-state index in [4.69, 9.17) is 0 Å². The zero-order valence-electron chi connectivity index (χ0n) is 10.5. The lowest BCUT2D eigenvalue weighted by atomic mass is 9.96. The van der Waals surface area contributed by atoms with E-state index >= 15 is 0 Å². The highest BCUT2D eigenvalue weighted by Crippen LogP contribution is 2.40. The molecule has 1 aromatic carbocycles. The first-order valence-electron chi connectivity index (χ1n) is 6.51. The second kappa shape index (κ2) is 4.81. The molecule has 94 valence electrons. The normalized spacial score (nSPS) is 27.1. The molecule has 0 spiro atoms. The van der Waals surface area contributed by atoms with Gasteiger partial charge in [0.25, 0.3) is 0 Å². The molecule has 0 saturated carbocycles. The summed E-state index contributed by atoms with van der Waals surface area (Å²) in [4.78, 5) is 16.5. The number of amides is 1. The first kappa shape index (κ1) is 11.8. The highest BCUT2D eigenvalue weighted by atomic mass is 32.2. The summed E-state index contributed by atoms with van der Waals surface area (Å²) in [6.07, 6.45) is 4.14. The number of carbonyl (C=O) groups excluding carboxylic acids is 1. The van der Waals surface area contributed by atoms with E-state index in [1.807, 2.05) is 29.2 Å². The molecule has 1 aromatic rings. The van der Waals surface area contributed by atoms with Gasteiger partial charge in [0.2, 0.25) is 5.91 Å². The molecule has 18 heavy (non-hydrogen) atoms. The fourth-order valence-electron chi connectivity index (χ4n) is 2.86. The topological polar surface area (TPSA) is 20.3 Å². The van der Waals surface area contributed by atoms with Crippen molar-refractivity contribution in [1.29, 1.82) is 0 Å². The van der Waals surface area contributed by atoms with E-state index < -0.39 is 0 Å². The minimum Gasteiger partial charge on any atom is -0.336 e. The van der Waals surface area contributed by atoms with Crippen LogP contribution in [0.4, 0.5) is 0 Å². The maximum absolute atomic E-state index is 12.1. The molecule has 0 bridgehead atoms. The average Bonchev–Trinajstić information content (AvgIpc) is 2.87. The third-order valence-electron chi connectivity index (χ3n) is 3.85. The molecule has 2 aliphatic rings. The standard InChI is InChI=1S/C15H17NOS/c1-11-13-8-5-9-16(13)15(17)10-14(11)18-12-6-3-2-4-7-12/h2-4,6-7,10-11,13H,5,8-9H2,1H3/t11-,13+/m1/s1. The van der Waals surface area contributed by atoms with Crippen LogP contribution >= 0.6 is 11.8 Å². The minimum atomic E-state index is 0.203. The maximum atomic E-state index is 12.1. The van der Waals surface area contributed by atoms with Gasteiger partial charge in [-0.15, -0.1) is 0 Å². The van der Waals surface area contributed by atoms with Crippen LogP contribution in [0.5, 0.6) is 0 Å². The van der Waals surface area contributed by atoms with E-state index in [1.165, 1.54) is 9.80 Å². The number of benzene rings is 1. The van der Waals surface area contributed by atoms with E-state index in [0.29, 0.717) is 12.0 Å². The zero-order chi connectivity index (χ0) is 12.5. The van der Waals surface area contributed by atoms with Crippen molar-refractivity contribution in [3.05, 3.63) is 41.3 Å². The lowest BCUT2D eigenvalue weighted by molar-refractivity contribution is -0.128. The second-order valence-corrected chi connectivity index (χ2v) is 6.14. The Morgan fingerprint density at radius 3 is 2.83 bits per heavy atom. The molecule has 1 amide bonds. The van der Waals surface area contributed by atoms with Crippen molar-refractivity contribution >= 4 is 17.7 Å². The minimum absolute atomic E-state index is 0.203. The van der Waals surface area contributed by atoms with Gasteiger partial charge >= 0.3 is 0 Å². The molecule has 3 heteroatoms. The molecule has 2 atom stereocenters. The fraction of sp³-hybridized carbons (Fsp3) is 0.400. The van der Waals surface area contributed by atoms with Crippen molar-refractivity contribution in [3.63, 3.8) is 0 Å². The lowest BCUT2D eigenvalue weighted by Gasteiger charge is -2.34. The van der Waals surface area contributed by atoms with Gasteiger partial charge in [0, 0.05) is 34.4 Å². The van der Waals surface area contributed by atoms with Crippen LogP contribution in [0.15, 0.2) is 46.2 Å². The van der Waals surface area contributed by atoms with Crippen molar-refractivity contribution in [3.8, 4) is 0 Å². The third-order valence-corrected chi connectivity index (χ3v) is 5.09. The molecule has 2 aliphatic heterocycles. The van der Waals surface area contributed by atoms with Crippen LogP contribution < -0.4 is 0 Å². The summed E-state index contributed by atoms with van der Waals surface area (Å²) in [5, 5.41) is 0. The average molecular weight is 259 g/mol. The van der Waals surface area contributed by atoms with E-state index in [2.05, 4.69) is 19.1 Å². The van der Waals surface area contributed by atoms with Crippen LogP contribution in [0, 0.1) is 5.92 Å². The fourth-order valence-corrected chi connectivity index (χ4v) is 3.93. The monoisotopic (exact) mass is 259 g/mol. The number of hydrogen-bond acceptors (Lipinski definition) is 2. The second-order valence-electron chi connectivity index (χ2n) is 4.99. The van der Waals surface area contributed by atoms with Crippen molar-refractivity contribution in [1.82, 2.24) is 4.90 Å². The molecule has 1 fully saturated rings. The Morgan fingerprint density at radius 2 is 2.06 bits per heavy atom. The Labute approximate surface area is 112 Å². The van der Waals surface area contributed by atoms with Crippen LogP contribution in [-0.2, 0) is 4.79 Å². The maximum Gasteiger partial charge on any atom is 0.247 e. The molecule has 0 N–H and O–H groups in total. The molecule has 0 unspecified atom stereocenters. The van der Waals surface area contributed by atoms with E-state index in [1.54, 1.807) is 11.8 Å². The molecule has 0 aliphatic carbocycles. The van der Waals surface area contributed by atoms with Crippen molar-refractivity contribution in [2.45, 2.75) is 30.7 Å². The Bertz CT molecular complexity index is 483. The first-order chi connectivity index (χ1) is 8.75. The smallest absolute Gasteiger partial charge is 0.247 e. The van der Waals surface area contributed by atoms with Gasteiger partial charge < -0.3 is 4.90 Å². The van der Waals surface area contributed by atoms with Crippen LogP contribution in [0.1, 0.15) is 19.8 Å². The summed E-state index contributed by atoms with van der Waals surface area (Å²) in [5.74, 6) is 0.671. The summed E-state index contributed by atoms with van der Waals surface area (Å²) in [7, 11) is 0. The quantitative estimate of drug-likeness (QED) is 0.812. The highest BCUT2D eigenvalue weighted by Gasteiger charge is 2.37. The van der Waals surface area contributed by atoms with Gasteiger partial charge in [0.1, 0.15) is 0 Å². The molecule has 2 nitrogen and oxygen atoms in total. The van der Waals surface area contributed by atoms with Crippen LogP contribution in [-0.4, -0.2) is 23.4 Å². The van der Waals surface area contributed by atoms with Crippen molar-refractivity contribution in [2.75, 3.05) is 6.54 Å². The van der Waals surface area contributed by atoms with Crippen LogP contribution in [0.2, 0.25) is 0 Å². The van der Waals surface area contributed by atoms with Crippen molar-refractivity contribution < 1.29 is 4.79 Å². The van der Waals surface area contributed by atoms with Gasteiger partial charge in [-0.25, -0.2) is 0 Å². The van der Waals surface area contributed by atoms with E-state index in [-0.39, 0.29) is 5.91 Å². The highest BCUT2D eigenvalue weighted by molar-refractivity contribution is 8.03. The zero-order valence-corrected chi connectivity index (χ0v) is 11.3. The molecule has 0 radical (unpaired) electrons. The first-order valence-corrected chi connectivity index (χ1v) is 7.32. The molecule has 3 rings (SSSR count). The molecule has 1 saturated heterocycles. The molecular formula is C15H17NOS. The number of nitrogens with zero attached hydrogens (tertiary/aromatic N) is 1. The number of fused-ring (bicyclic) bond motifs is 1. The molecule has 0 aromatic heterocycles. The number of hydrogen-bond donors (Lipinski definition) is 0. The number of carbonyl (C=O) groups is 1. The Balaban J connectivity index is 1.84. The summed E-state index contributed by atoms with van der Waals surface area (Å²) in [6.45, 7) is 3.19. The number of thioether (sulfide) groups is 1. The SMILES string of the molecule is C[C@H]1C(Sc2ccccc2)=CC(=O)N2CCC[C@@H]12. The Hall–Kier alpha value is -1.22. The van der Waals surface area contributed by atoms with Crippen molar-refractivity contribution in [2.24, 2.45) is 5.92 Å². The van der Waals surface area contributed by atoms with E-state index in [9.17, 15) is 4.79 Å². The summed E-state index contributed by atoms with van der Waals surface area (Å²) in [5.41, 5.74) is 0. The summed E-state index contributed by atoms with van der Waals surface area (Å²) >= 11 is 1.74. The van der Waals surface area contributed by atoms with Gasteiger partial charge in [-0.2, -0.15) is 0 Å². The Kier molecular flexibility index (Phi) is 3.16. The summed E-state index contributed by atoms with van der Waals surface area (Å²) in [6, 6.07) is 10.7. The van der Waals surface area contributed by atoms with Crippen LogP contribution in [0.3, 0.4) is 0 Å². The summed E-state index contributed by atoms with van der Waals surface area (Å²) < 4.78 is 0.